The zero-order valence-corrected chi connectivity index (χ0v) is 11.8. The molecular formula is C11H20O4S2. The average molecular weight is 280 g/mol. The van der Waals surface area contributed by atoms with Crippen LogP contribution in [0, 0.1) is 0 Å². The van der Waals surface area contributed by atoms with Crippen LogP contribution in [0.15, 0.2) is 0 Å². The highest BCUT2D eigenvalue weighted by atomic mass is 32.1. The molecule has 0 saturated carbocycles. The van der Waals surface area contributed by atoms with Gasteiger partial charge >= 0.3 is 11.9 Å². The van der Waals surface area contributed by atoms with E-state index < -0.39 is 18.2 Å². The Morgan fingerprint density at radius 3 is 1.94 bits per heavy atom. The third-order valence-electron chi connectivity index (χ3n) is 2.08. The van der Waals surface area contributed by atoms with Gasteiger partial charge in [0.05, 0.1) is 11.5 Å². The molecule has 0 N–H and O–H groups in total. The van der Waals surface area contributed by atoms with Crippen LogP contribution in [0.2, 0.25) is 0 Å². The van der Waals surface area contributed by atoms with E-state index in [9.17, 15) is 9.59 Å². The standard InChI is InChI=1S/C11H20O4S2/c1-2-3-4-5-6-11(14-9(12)7-16)15-10(13)8-17/h11,16-17H,2-8H2,1H3. The Balaban J connectivity index is 4.01. The summed E-state index contributed by atoms with van der Waals surface area (Å²) in [5.41, 5.74) is 0. The lowest BCUT2D eigenvalue weighted by atomic mass is 10.1. The summed E-state index contributed by atoms with van der Waals surface area (Å²) in [5, 5.41) is 0. The molecule has 4 nitrogen and oxygen atoms in total. The highest BCUT2D eigenvalue weighted by Crippen LogP contribution is 2.10. The number of rotatable bonds is 9. The van der Waals surface area contributed by atoms with Gasteiger partial charge in [0.2, 0.25) is 6.29 Å². The van der Waals surface area contributed by atoms with Gasteiger partial charge in [0.25, 0.3) is 0 Å². The fourth-order valence-electron chi connectivity index (χ4n) is 1.25. The molecule has 0 radical (unpaired) electrons. The van der Waals surface area contributed by atoms with Gasteiger partial charge in [-0.15, -0.1) is 0 Å². The molecule has 0 aromatic carbocycles. The van der Waals surface area contributed by atoms with Crippen LogP contribution in [-0.2, 0) is 19.1 Å². The second-order valence-electron chi connectivity index (χ2n) is 3.57. The first-order valence-electron chi connectivity index (χ1n) is 5.74. The van der Waals surface area contributed by atoms with Crippen molar-refractivity contribution in [2.24, 2.45) is 0 Å². The summed E-state index contributed by atoms with van der Waals surface area (Å²) in [6, 6.07) is 0. The lowest BCUT2D eigenvalue weighted by molar-refractivity contribution is -0.185. The minimum Gasteiger partial charge on any atom is -0.425 e. The zero-order chi connectivity index (χ0) is 13.1. The van der Waals surface area contributed by atoms with Crippen molar-refractivity contribution >= 4 is 37.2 Å². The molecule has 0 rings (SSSR count). The van der Waals surface area contributed by atoms with E-state index in [1.807, 2.05) is 0 Å². The molecule has 0 saturated heterocycles. The van der Waals surface area contributed by atoms with Gasteiger partial charge in [-0.3, -0.25) is 9.59 Å². The largest absolute Gasteiger partial charge is 0.425 e. The number of ether oxygens (including phenoxy) is 2. The Morgan fingerprint density at radius 1 is 1.00 bits per heavy atom. The van der Waals surface area contributed by atoms with E-state index in [-0.39, 0.29) is 11.5 Å². The molecule has 0 fully saturated rings. The van der Waals surface area contributed by atoms with Crippen LogP contribution in [0.5, 0.6) is 0 Å². The second-order valence-corrected chi connectivity index (χ2v) is 4.21. The monoisotopic (exact) mass is 280 g/mol. The van der Waals surface area contributed by atoms with Crippen LogP contribution < -0.4 is 0 Å². The average Bonchev–Trinajstić information content (AvgIpc) is 2.33. The molecule has 100 valence electrons. The first-order valence-corrected chi connectivity index (χ1v) is 7.01. The maximum Gasteiger partial charge on any atom is 0.318 e. The molecule has 0 unspecified atom stereocenters. The molecule has 0 atom stereocenters. The first-order chi connectivity index (χ1) is 8.13. The molecule has 0 spiro atoms. The normalized spacial score (nSPS) is 10.4. The van der Waals surface area contributed by atoms with E-state index in [0.717, 1.165) is 25.7 Å². The van der Waals surface area contributed by atoms with Gasteiger partial charge < -0.3 is 9.47 Å². The van der Waals surface area contributed by atoms with Gasteiger partial charge in [0.15, 0.2) is 0 Å². The second kappa shape index (κ2) is 10.8. The van der Waals surface area contributed by atoms with E-state index in [2.05, 4.69) is 32.2 Å². The molecule has 17 heavy (non-hydrogen) atoms. The topological polar surface area (TPSA) is 52.6 Å². The van der Waals surface area contributed by atoms with Crippen molar-refractivity contribution in [3.8, 4) is 0 Å². The predicted molar refractivity (Wildman–Crippen MR) is 72.4 cm³/mol. The smallest absolute Gasteiger partial charge is 0.318 e. The summed E-state index contributed by atoms with van der Waals surface area (Å²) in [6.07, 6.45) is 3.86. The molecule has 0 bridgehead atoms. The maximum absolute atomic E-state index is 11.1. The van der Waals surface area contributed by atoms with E-state index in [1.54, 1.807) is 0 Å². The van der Waals surface area contributed by atoms with E-state index in [4.69, 9.17) is 9.47 Å². The van der Waals surface area contributed by atoms with Crippen molar-refractivity contribution in [2.75, 3.05) is 11.5 Å². The molecule has 0 aliphatic carbocycles. The number of esters is 2. The summed E-state index contributed by atoms with van der Waals surface area (Å²) < 4.78 is 9.92. The van der Waals surface area contributed by atoms with E-state index >= 15 is 0 Å². The number of hydrogen-bond donors (Lipinski definition) is 2. The Kier molecular flexibility index (Phi) is 10.5. The molecule has 0 aromatic heterocycles. The van der Waals surface area contributed by atoms with Crippen LogP contribution in [0.4, 0.5) is 0 Å². The summed E-state index contributed by atoms with van der Waals surface area (Å²) in [4.78, 5) is 22.1. The van der Waals surface area contributed by atoms with Crippen molar-refractivity contribution in [2.45, 2.75) is 45.3 Å². The Hall–Kier alpha value is -0.360. The summed E-state index contributed by atoms with van der Waals surface area (Å²) in [7, 11) is 0. The lowest BCUT2D eigenvalue weighted by Crippen LogP contribution is -2.25. The van der Waals surface area contributed by atoms with Crippen LogP contribution in [0.25, 0.3) is 0 Å². The van der Waals surface area contributed by atoms with Gasteiger partial charge in [-0.1, -0.05) is 26.2 Å². The van der Waals surface area contributed by atoms with Crippen LogP contribution in [0.1, 0.15) is 39.0 Å². The highest BCUT2D eigenvalue weighted by Gasteiger charge is 2.17. The molecule has 0 heterocycles. The number of unbranched alkanes of at least 4 members (excludes halogenated alkanes) is 3. The summed E-state index contributed by atoms with van der Waals surface area (Å²) in [6.45, 7) is 2.11. The number of thiol groups is 2. The van der Waals surface area contributed by atoms with Crippen molar-refractivity contribution in [3.05, 3.63) is 0 Å². The number of carbonyl (C=O) groups is 2. The van der Waals surface area contributed by atoms with E-state index in [1.165, 1.54) is 0 Å². The lowest BCUT2D eigenvalue weighted by Gasteiger charge is -2.17. The number of hydrogen-bond acceptors (Lipinski definition) is 6. The Morgan fingerprint density at radius 2 is 1.53 bits per heavy atom. The fourth-order valence-corrected chi connectivity index (χ4v) is 1.40. The fraction of sp³-hybridized carbons (Fsp3) is 0.818. The van der Waals surface area contributed by atoms with Gasteiger partial charge in [-0.2, -0.15) is 25.3 Å². The van der Waals surface area contributed by atoms with E-state index in [0.29, 0.717) is 6.42 Å². The number of carbonyl (C=O) groups excluding carboxylic acids is 2. The molecule has 0 amide bonds. The van der Waals surface area contributed by atoms with Crippen LogP contribution >= 0.6 is 25.3 Å². The molecule has 6 heteroatoms. The van der Waals surface area contributed by atoms with Gasteiger partial charge in [-0.25, -0.2) is 0 Å². The SMILES string of the molecule is CCCCCCC(OC(=O)CS)OC(=O)CS. The molecule has 0 aliphatic heterocycles. The Bertz CT molecular complexity index is 216. The molecule has 0 aliphatic rings. The maximum atomic E-state index is 11.1. The van der Waals surface area contributed by atoms with Crippen LogP contribution in [-0.4, -0.2) is 29.7 Å². The van der Waals surface area contributed by atoms with Crippen molar-refractivity contribution in [3.63, 3.8) is 0 Å². The zero-order valence-electron chi connectivity index (χ0n) is 10.1. The third-order valence-corrected chi connectivity index (χ3v) is 2.59. The predicted octanol–water partition coefficient (Wildman–Crippen LogP) is 2.23. The minimum absolute atomic E-state index is 0.0239. The molecular weight excluding hydrogens is 260 g/mol. The Labute approximate surface area is 113 Å². The summed E-state index contributed by atoms with van der Waals surface area (Å²) >= 11 is 7.60. The first kappa shape index (κ1) is 16.6. The van der Waals surface area contributed by atoms with Gasteiger partial charge in [-0.05, 0) is 6.42 Å². The minimum atomic E-state index is -0.800. The third kappa shape index (κ3) is 9.35. The van der Waals surface area contributed by atoms with Crippen molar-refractivity contribution < 1.29 is 19.1 Å². The van der Waals surface area contributed by atoms with Crippen molar-refractivity contribution in [1.29, 1.82) is 0 Å². The highest BCUT2D eigenvalue weighted by molar-refractivity contribution is 7.81. The quantitative estimate of drug-likeness (QED) is 0.294. The van der Waals surface area contributed by atoms with Gasteiger partial charge in [0, 0.05) is 6.42 Å². The van der Waals surface area contributed by atoms with Gasteiger partial charge in [0.1, 0.15) is 0 Å². The van der Waals surface area contributed by atoms with Crippen molar-refractivity contribution in [1.82, 2.24) is 0 Å². The van der Waals surface area contributed by atoms with Crippen LogP contribution in [0.3, 0.4) is 0 Å². The molecule has 0 aromatic rings. The summed E-state index contributed by atoms with van der Waals surface area (Å²) in [5.74, 6) is -1.02.